The normalized spacial score (nSPS) is 16.8. The van der Waals surface area contributed by atoms with Crippen LogP contribution in [0.15, 0.2) is 115 Å². The molecule has 186 valence electrons. The molecule has 5 aromatic rings. The molecule has 1 aliphatic rings. The molecule has 1 amide bonds. The molecule has 38 heavy (non-hydrogen) atoms. The number of aromatic amines is 1. The number of aryl methyl sites for hydroxylation is 1. The fourth-order valence-electron chi connectivity index (χ4n) is 5.06. The topological polar surface area (TPSA) is 85.4 Å². The number of para-hydroxylation sites is 2. The van der Waals surface area contributed by atoms with Crippen molar-refractivity contribution in [1.29, 1.82) is 0 Å². The minimum atomic E-state index is -0.781. The second kappa shape index (κ2) is 9.41. The van der Waals surface area contributed by atoms with E-state index in [1.54, 1.807) is 6.20 Å². The molecule has 1 fully saturated rings. The third kappa shape index (κ3) is 4.02. The summed E-state index contributed by atoms with van der Waals surface area (Å²) in [5.41, 5.74) is 5.48. The molecule has 6 rings (SSSR count). The van der Waals surface area contributed by atoms with Crippen molar-refractivity contribution < 1.29 is 14.7 Å². The van der Waals surface area contributed by atoms with E-state index in [0.29, 0.717) is 11.3 Å². The SMILES string of the molecule is Cc1cccc(C2/C(=C(/O)c3c[nH]c4ccccc34)C(=O)C(=O)N2c2ccc(Nc3ccccc3)cc2)c1. The summed E-state index contributed by atoms with van der Waals surface area (Å²) in [5, 5.41) is 15.6. The van der Waals surface area contributed by atoms with Crippen molar-refractivity contribution in [2.75, 3.05) is 10.2 Å². The van der Waals surface area contributed by atoms with Crippen LogP contribution in [-0.4, -0.2) is 21.8 Å². The van der Waals surface area contributed by atoms with E-state index in [0.717, 1.165) is 33.4 Å². The van der Waals surface area contributed by atoms with Gasteiger partial charge in [-0.2, -0.15) is 0 Å². The lowest BCUT2D eigenvalue weighted by atomic mass is 9.94. The Kier molecular flexibility index (Phi) is 5.77. The van der Waals surface area contributed by atoms with Gasteiger partial charge in [0, 0.05) is 39.7 Å². The summed E-state index contributed by atoms with van der Waals surface area (Å²) < 4.78 is 0. The molecule has 0 radical (unpaired) electrons. The molecule has 0 spiro atoms. The number of nitrogens with zero attached hydrogens (tertiary/aromatic N) is 1. The highest BCUT2D eigenvalue weighted by molar-refractivity contribution is 6.51. The number of hydrogen-bond acceptors (Lipinski definition) is 4. The molecule has 1 atom stereocenters. The molecule has 1 aromatic heterocycles. The van der Waals surface area contributed by atoms with E-state index >= 15 is 0 Å². The van der Waals surface area contributed by atoms with E-state index in [-0.39, 0.29) is 11.3 Å². The Morgan fingerprint density at radius 3 is 2.32 bits per heavy atom. The number of H-pyrrole nitrogens is 1. The van der Waals surface area contributed by atoms with Gasteiger partial charge in [-0.1, -0.05) is 66.2 Å². The van der Waals surface area contributed by atoms with Crippen molar-refractivity contribution >= 4 is 45.4 Å². The second-order valence-electron chi connectivity index (χ2n) is 9.37. The Bertz CT molecular complexity index is 1700. The predicted octanol–water partition coefficient (Wildman–Crippen LogP) is 6.85. The Morgan fingerprint density at radius 2 is 1.55 bits per heavy atom. The molecule has 0 bridgehead atoms. The first kappa shape index (κ1) is 23.3. The number of rotatable bonds is 5. The first-order chi connectivity index (χ1) is 18.5. The molecule has 1 aliphatic heterocycles. The van der Waals surface area contributed by atoms with E-state index in [9.17, 15) is 14.7 Å². The van der Waals surface area contributed by atoms with Crippen molar-refractivity contribution in [3.63, 3.8) is 0 Å². The standard InChI is InChI=1S/C32H25N3O3/c1-20-8-7-9-21(18-20)29-28(30(36)26-19-33-27-13-6-5-12-25(26)27)31(37)32(38)35(29)24-16-14-23(15-17-24)34-22-10-3-2-4-11-22/h2-19,29,33-34,36H,1H3/b30-28-. The van der Waals surface area contributed by atoms with Crippen LogP contribution in [-0.2, 0) is 9.59 Å². The third-order valence-electron chi connectivity index (χ3n) is 6.85. The highest BCUT2D eigenvalue weighted by Crippen LogP contribution is 2.43. The fraction of sp³-hybridized carbons (Fsp3) is 0.0625. The van der Waals surface area contributed by atoms with Gasteiger partial charge in [-0.3, -0.25) is 14.5 Å². The van der Waals surface area contributed by atoms with Crippen LogP contribution in [0, 0.1) is 6.92 Å². The molecule has 6 nitrogen and oxygen atoms in total. The number of benzene rings is 4. The average molecular weight is 500 g/mol. The van der Waals surface area contributed by atoms with Crippen molar-refractivity contribution in [2.45, 2.75) is 13.0 Å². The zero-order valence-electron chi connectivity index (χ0n) is 20.7. The van der Waals surface area contributed by atoms with Crippen LogP contribution in [0.4, 0.5) is 17.1 Å². The summed E-state index contributed by atoms with van der Waals surface area (Å²) in [5.74, 6) is -1.59. The molecule has 1 saturated heterocycles. The van der Waals surface area contributed by atoms with Crippen LogP contribution >= 0.6 is 0 Å². The highest BCUT2D eigenvalue weighted by Gasteiger charge is 2.47. The van der Waals surface area contributed by atoms with Crippen LogP contribution in [0.3, 0.4) is 0 Å². The number of fused-ring (bicyclic) bond motifs is 1. The number of ketones is 1. The fourth-order valence-corrected chi connectivity index (χ4v) is 5.06. The molecule has 2 heterocycles. The quantitative estimate of drug-likeness (QED) is 0.140. The zero-order valence-corrected chi connectivity index (χ0v) is 20.7. The summed E-state index contributed by atoms with van der Waals surface area (Å²) in [4.78, 5) is 31.6. The molecule has 0 saturated carbocycles. The van der Waals surface area contributed by atoms with Gasteiger partial charge < -0.3 is 15.4 Å². The smallest absolute Gasteiger partial charge is 0.300 e. The Balaban J connectivity index is 1.46. The van der Waals surface area contributed by atoms with Gasteiger partial charge in [0.2, 0.25) is 0 Å². The number of aliphatic hydroxyl groups excluding tert-OH is 1. The third-order valence-corrected chi connectivity index (χ3v) is 6.85. The van der Waals surface area contributed by atoms with E-state index in [1.165, 1.54) is 4.90 Å². The van der Waals surface area contributed by atoms with E-state index < -0.39 is 17.7 Å². The lowest BCUT2D eigenvalue weighted by Crippen LogP contribution is -2.29. The monoisotopic (exact) mass is 499 g/mol. The Morgan fingerprint density at radius 1 is 0.842 bits per heavy atom. The molecule has 0 aliphatic carbocycles. The second-order valence-corrected chi connectivity index (χ2v) is 9.37. The largest absolute Gasteiger partial charge is 0.507 e. The molecular weight excluding hydrogens is 474 g/mol. The molecule has 1 unspecified atom stereocenters. The van der Waals surface area contributed by atoms with E-state index in [2.05, 4.69) is 10.3 Å². The van der Waals surface area contributed by atoms with Gasteiger partial charge >= 0.3 is 0 Å². The molecular formula is C32H25N3O3. The van der Waals surface area contributed by atoms with Crippen LogP contribution in [0.25, 0.3) is 16.7 Å². The van der Waals surface area contributed by atoms with Gasteiger partial charge in [-0.25, -0.2) is 0 Å². The molecule has 6 heteroatoms. The number of hydrogen-bond donors (Lipinski definition) is 3. The summed E-state index contributed by atoms with van der Waals surface area (Å²) in [6.45, 7) is 1.96. The van der Waals surface area contributed by atoms with Crippen molar-refractivity contribution in [1.82, 2.24) is 4.98 Å². The lowest BCUT2D eigenvalue weighted by molar-refractivity contribution is -0.132. The van der Waals surface area contributed by atoms with Crippen LogP contribution in [0.5, 0.6) is 0 Å². The molecule has 4 aromatic carbocycles. The maximum Gasteiger partial charge on any atom is 0.300 e. The van der Waals surface area contributed by atoms with Crippen LogP contribution in [0.1, 0.15) is 22.7 Å². The van der Waals surface area contributed by atoms with Gasteiger partial charge in [-0.05, 0) is 55.0 Å². The number of aliphatic hydroxyl groups is 1. The lowest BCUT2D eigenvalue weighted by Gasteiger charge is -2.26. The van der Waals surface area contributed by atoms with E-state index in [1.807, 2.05) is 110 Å². The molecule has 3 N–H and O–H groups in total. The number of nitrogens with one attached hydrogen (secondary N) is 2. The van der Waals surface area contributed by atoms with Crippen molar-refractivity contribution in [3.05, 3.63) is 132 Å². The summed E-state index contributed by atoms with van der Waals surface area (Å²) in [7, 11) is 0. The van der Waals surface area contributed by atoms with Gasteiger partial charge in [0.25, 0.3) is 11.7 Å². The van der Waals surface area contributed by atoms with Crippen LogP contribution < -0.4 is 10.2 Å². The summed E-state index contributed by atoms with van der Waals surface area (Å²) >= 11 is 0. The van der Waals surface area contributed by atoms with Crippen molar-refractivity contribution in [2.24, 2.45) is 0 Å². The maximum absolute atomic E-state index is 13.5. The minimum Gasteiger partial charge on any atom is -0.507 e. The Hall–Kier alpha value is -5.10. The number of aromatic nitrogens is 1. The first-order valence-corrected chi connectivity index (χ1v) is 12.4. The van der Waals surface area contributed by atoms with Gasteiger partial charge in [0.1, 0.15) is 5.76 Å². The Labute approximate surface area is 219 Å². The van der Waals surface area contributed by atoms with Gasteiger partial charge in [0.05, 0.1) is 11.6 Å². The van der Waals surface area contributed by atoms with Crippen molar-refractivity contribution in [3.8, 4) is 0 Å². The number of carbonyl (C=O) groups is 2. The summed E-state index contributed by atoms with van der Waals surface area (Å²) in [6, 6.07) is 31.6. The number of anilines is 3. The maximum atomic E-state index is 13.5. The highest BCUT2D eigenvalue weighted by atomic mass is 16.3. The van der Waals surface area contributed by atoms with Crippen LogP contribution in [0.2, 0.25) is 0 Å². The van der Waals surface area contributed by atoms with E-state index in [4.69, 9.17) is 0 Å². The summed E-state index contributed by atoms with van der Waals surface area (Å²) in [6.07, 6.45) is 1.67. The first-order valence-electron chi connectivity index (χ1n) is 12.4. The minimum absolute atomic E-state index is 0.0665. The van der Waals surface area contributed by atoms with Gasteiger partial charge in [0.15, 0.2) is 0 Å². The number of carbonyl (C=O) groups excluding carboxylic acids is 2. The number of amides is 1. The zero-order chi connectivity index (χ0) is 26.2. The van der Waals surface area contributed by atoms with Gasteiger partial charge in [-0.15, -0.1) is 0 Å². The number of Topliss-reactive ketones (excluding diaryl/α,β-unsaturated/α-hetero) is 1. The average Bonchev–Trinajstić information content (AvgIpc) is 3.48. The predicted molar refractivity (Wildman–Crippen MR) is 150 cm³/mol.